The fourth-order valence-electron chi connectivity index (χ4n) is 1.84. The zero-order valence-electron chi connectivity index (χ0n) is 10.7. The van der Waals surface area contributed by atoms with Crippen LogP contribution in [0, 0.1) is 13.8 Å². The lowest BCUT2D eigenvalue weighted by atomic mass is 10.1. The van der Waals surface area contributed by atoms with Gasteiger partial charge in [-0.25, -0.2) is 0 Å². The third kappa shape index (κ3) is 2.71. The number of nitrogens with zero attached hydrogens (tertiary/aromatic N) is 2. The summed E-state index contributed by atoms with van der Waals surface area (Å²) in [5.74, 6) is -0.0938. The van der Waals surface area contributed by atoms with Crippen LogP contribution in [0.2, 0.25) is 0 Å². The minimum atomic E-state index is -0.0938. The van der Waals surface area contributed by atoms with Crippen molar-refractivity contribution in [1.82, 2.24) is 9.97 Å². The predicted molar refractivity (Wildman–Crippen MR) is 71.2 cm³/mol. The molecule has 0 radical (unpaired) electrons. The molecule has 2 aromatic rings. The number of hydrogen-bond acceptors (Lipinski definition) is 3. The molecule has 4 heteroatoms. The van der Waals surface area contributed by atoms with Crippen molar-refractivity contribution in [2.45, 2.75) is 20.8 Å². The maximum absolute atomic E-state index is 11.0. The molecule has 0 fully saturated rings. The molecule has 1 N–H and O–H groups in total. The number of pyridine rings is 2. The number of amides is 1. The van der Waals surface area contributed by atoms with Crippen LogP contribution in [0.1, 0.15) is 18.2 Å². The van der Waals surface area contributed by atoms with Crippen LogP contribution in [0.3, 0.4) is 0 Å². The molecule has 0 aliphatic carbocycles. The summed E-state index contributed by atoms with van der Waals surface area (Å²) in [5.41, 5.74) is 4.64. The molecule has 0 saturated carbocycles. The molecule has 2 heterocycles. The van der Waals surface area contributed by atoms with Gasteiger partial charge in [-0.15, -0.1) is 0 Å². The Morgan fingerprint density at radius 1 is 1.22 bits per heavy atom. The molecule has 0 aliphatic heterocycles. The number of aromatic nitrogens is 2. The number of nitrogens with one attached hydrogen (secondary N) is 1. The number of anilines is 1. The van der Waals surface area contributed by atoms with Crippen molar-refractivity contribution in [1.29, 1.82) is 0 Å². The predicted octanol–water partition coefficient (Wildman–Crippen LogP) is 2.72. The van der Waals surface area contributed by atoms with Gasteiger partial charge in [0.05, 0.1) is 17.6 Å². The Kier molecular flexibility index (Phi) is 3.37. The largest absolute Gasteiger partial charge is 0.325 e. The highest BCUT2D eigenvalue weighted by atomic mass is 16.1. The molecule has 4 nitrogen and oxygen atoms in total. The van der Waals surface area contributed by atoms with Gasteiger partial charge in [0, 0.05) is 24.4 Å². The average molecular weight is 241 g/mol. The Balaban J connectivity index is 2.38. The quantitative estimate of drug-likeness (QED) is 0.879. The van der Waals surface area contributed by atoms with E-state index in [2.05, 4.69) is 15.3 Å². The summed E-state index contributed by atoms with van der Waals surface area (Å²) in [4.78, 5) is 19.5. The van der Waals surface area contributed by atoms with E-state index in [0.29, 0.717) is 0 Å². The average Bonchev–Trinajstić information content (AvgIpc) is 2.28. The molecule has 18 heavy (non-hydrogen) atoms. The van der Waals surface area contributed by atoms with Gasteiger partial charge in [-0.3, -0.25) is 14.8 Å². The Labute approximate surface area is 106 Å². The van der Waals surface area contributed by atoms with Crippen molar-refractivity contribution < 1.29 is 4.79 Å². The van der Waals surface area contributed by atoms with Gasteiger partial charge in [-0.1, -0.05) is 0 Å². The van der Waals surface area contributed by atoms with E-state index in [1.807, 2.05) is 32.0 Å². The fourth-order valence-corrected chi connectivity index (χ4v) is 1.84. The van der Waals surface area contributed by atoms with Gasteiger partial charge >= 0.3 is 0 Å². The maximum Gasteiger partial charge on any atom is 0.221 e. The summed E-state index contributed by atoms with van der Waals surface area (Å²) in [6.07, 6.45) is 3.44. The van der Waals surface area contributed by atoms with Crippen LogP contribution in [0.25, 0.3) is 11.3 Å². The lowest BCUT2D eigenvalue weighted by molar-refractivity contribution is -0.114. The first-order valence-electron chi connectivity index (χ1n) is 5.73. The third-order valence-corrected chi connectivity index (χ3v) is 2.57. The van der Waals surface area contributed by atoms with Crippen molar-refractivity contribution in [3.8, 4) is 11.3 Å². The molecule has 2 rings (SSSR count). The van der Waals surface area contributed by atoms with Crippen LogP contribution >= 0.6 is 0 Å². The maximum atomic E-state index is 11.0. The highest BCUT2D eigenvalue weighted by molar-refractivity contribution is 5.88. The summed E-state index contributed by atoms with van der Waals surface area (Å²) >= 11 is 0. The molecule has 0 unspecified atom stereocenters. The highest BCUT2D eigenvalue weighted by Crippen LogP contribution is 2.23. The first-order chi connectivity index (χ1) is 8.56. The minimum absolute atomic E-state index is 0.0938. The first-order valence-corrected chi connectivity index (χ1v) is 5.73. The molecule has 0 spiro atoms. The Morgan fingerprint density at radius 2 is 2.00 bits per heavy atom. The van der Waals surface area contributed by atoms with E-state index in [4.69, 9.17) is 0 Å². The monoisotopic (exact) mass is 241 g/mol. The van der Waals surface area contributed by atoms with Crippen LogP contribution in [0.4, 0.5) is 5.69 Å². The van der Waals surface area contributed by atoms with E-state index < -0.39 is 0 Å². The number of rotatable bonds is 2. The van der Waals surface area contributed by atoms with Gasteiger partial charge in [0.1, 0.15) is 0 Å². The van der Waals surface area contributed by atoms with E-state index in [0.717, 1.165) is 28.2 Å². The van der Waals surface area contributed by atoms with Gasteiger partial charge in [-0.2, -0.15) is 0 Å². The second-order valence-electron chi connectivity index (χ2n) is 4.26. The number of hydrogen-bond donors (Lipinski definition) is 1. The third-order valence-electron chi connectivity index (χ3n) is 2.57. The summed E-state index contributed by atoms with van der Waals surface area (Å²) < 4.78 is 0. The smallest absolute Gasteiger partial charge is 0.221 e. The number of carbonyl (C=O) groups is 1. The Hall–Kier alpha value is -2.23. The lowest BCUT2D eigenvalue weighted by Crippen LogP contribution is -2.06. The second kappa shape index (κ2) is 4.96. The minimum Gasteiger partial charge on any atom is -0.325 e. The summed E-state index contributed by atoms with van der Waals surface area (Å²) in [6, 6.07) is 5.84. The molecule has 0 bridgehead atoms. The van der Waals surface area contributed by atoms with Crippen molar-refractivity contribution in [3.05, 3.63) is 41.9 Å². The molecular weight excluding hydrogens is 226 g/mol. The van der Waals surface area contributed by atoms with Crippen LogP contribution in [0.5, 0.6) is 0 Å². The van der Waals surface area contributed by atoms with Crippen molar-refractivity contribution in [2.24, 2.45) is 0 Å². The van der Waals surface area contributed by atoms with Crippen LogP contribution in [-0.2, 0) is 4.79 Å². The molecule has 92 valence electrons. The summed E-state index contributed by atoms with van der Waals surface area (Å²) in [6.45, 7) is 5.41. The topological polar surface area (TPSA) is 54.9 Å². The zero-order valence-corrected chi connectivity index (χ0v) is 10.7. The molecule has 0 saturated heterocycles. The summed E-state index contributed by atoms with van der Waals surface area (Å²) in [5, 5.41) is 2.72. The zero-order chi connectivity index (χ0) is 13.1. The van der Waals surface area contributed by atoms with Crippen LogP contribution in [0.15, 0.2) is 30.6 Å². The molecular formula is C14H15N3O. The van der Waals surface area contributed by atoms with Gasteiger partial charge in [-0.05, 0) is 37.6 Å². The lowest BCUT2D eigenvalue weighted by Gasteiger charge is -2.08. The standard InChI is InChI=1S/C14H15N3O/c1-9-6-13(17-11(3)18)8-16-14(9)12-4-5-15-10(2)7-12/h4-8H,1-3H3,(H,17,18). The van der Waals surface area contributed by atoms with Crippen molar-refractivity contribution in [3.63, 3.8) is 0 Å². The van der Waals surface area contributed by atoms with Gasteiger partial charge in [0.15, 0.2) is 0 Å². The molecule has 0 aliphatic rings. The number of carbonyl (C=O) groups excluding carboxylic acids is 1. The van der Waals surface area contributed by atoms with Crippen molar-refractivity contribution in [2.75, 3.05) is 5.32 Å². The van der Waals surface area contributed by atoms with Crippen LogP contribution < -0.4 is 5.32 Å². The van der Waals surface area contributed by atoms with E-state index >= 15 is 0 Å². The molecule has 0 aromatic carbocycles. The Bertz CT molecular complexity index is 593. The SMILES string of the molecule is CC(=O)Nc1cnc(-c2ccnc(C)c2)c(C)c1. The normalized spacial score (nSPS) is 10.2. The number of aryl methyl sites for hydroxylation is 2. The van der Waals surface area contributed by atoms with Gasteiger partial charge < -0.3 is 5.32 Å². The van der Waals surface area contributed by atoms with Gasteiger partial charge in [0.25, 0.3) is 0 Å². The van der Waals surface area contributed by atoms with E-state index in [9.17, 15) is 4.79 Å². The van der Waals surface area contributed by atoms with E-state index in [1.165, 1.54) is 6.92 Å². The van der Waals surface area contributed by atoms with E-state index in [-0.39, 0.29) is 5.91 Å². The molecule has 2 aromatic heterocycles. The highest BCUT2D eigenvalue weighted by Gasteiger charge is 2.06. The molecule has 1 amide bonds. The fraction of sp³-hybridized carbons (Fsp3) is 0.214. The second-order valence-corrected chi connectivity index (χ2v) is 4.26. The van der Waals surface area contributed by atoms with Gasteiger partial charge in [0.2, 0.25) is 5.91 Å². The summed E-state index contributed by atoms with van der Waals surface area (Å²) in [7, 11) is 0. The molecule has 0 atom stereocenters. The van der Waals surface area contributed by atoms with Crippen molar-refractivity contribution >= 4 is 11.6 Å². The Morgan fingerprint density at radius 3 is 2.61 bits per heavy atom. The van der Waals surface area contributed by atoms with E-state index in [1.54, 1.807) is 12.4 Å². The first kappa shape index (κ1) is 12.2. The van der Waals surface area contributed by atoms with Crippen LogP contribution in [-0.4, -0.2) is 15.9 Å².